The molecule has 0 saturated heterocycles. The van der Waals surface area contributed by atoms with Crippen molar-refractivity contribution in [2.45, 2.75) is 26.4 Å². The van der Waals surface area contributed by atoms with Crippen LogP contribution in [0.4, 0.5) is 18.9 Å². The zero-order chi connectivity index (χ0) is 26.4. The Labute approximate surface area is 203 Å². The van der Waals surface area contributed by atoms with Crippen LogP contribution in [0.25, 0.3) is 11.1 Å². The van der Waals surface area contributed by atoms with Crippen molar-refractivity contribution < 1.29 is 32.2 Å². The number of ketones is 1. The molecule has 1 aromatic heterocycles. The lowest BCUT2D eigenvalue weighted by molar-refractivity contribution is -0.193. The van der Waals surface area contributed by atoms with Gasteiger partial charge < -0.3 is 19.4 Å². The van der Waals surface area contributed by atoms with E-state index in [9.17, 15) is 27.6 Å². The molecule has 2 heterocycles. The molecule has 0 unspecified atom stereocenters. The number of anilines is 1. The highest BCUT2D eigenvalue weighted by molar-refractivity contribution is 5.99. The number of ether oxygens (including phenoxy) is 2. The molecule has 1 amide bonds. The second kappa shape index (κ2) is 9.03. The first-order valence-corrected chi connectivity index (χ1v) is 10.8. The molecule has 36 heavy (non-hydrogen) atoms. The molecule has 3 aromatic rings. The van der Waals surface area contributed by atoms with Gasteiger partial charge in [-0.3, -0.25) is 14.4 Å². The molecule has 1 aliphatic heterocycles. The van der Waals surface area contributed by atoms with Gasteiger partial charge in [0, 0.05) is 30.1 Å². The zero-order valence-electron chi connectivity index (χ0n) is 19.6. The van der Waals surface area contributed by atoms with Crippen molar-refractivity contribution in [1.29, 1.82) is 0 Å². The average Bonchev–Trinajstić information content (AvgIpc) is 2.80. The Morgan fingerprint density at radius 3 is 2.47 bits per heavy atom. The Kier molecular flexibility index (Phi) is 6.21. The van der Waals surface area contributed by atoms with E-state index >= 15 is 0 Å². The number of halogens is 3. The van der Waals surface area contributed by atoms with E-state index in [0.717, 1.165) is 10.6 Å². The van der Waals surface area contributed by atoms with Crippen LogP contribution in [0.5, 0.6) is 17.2 Å². The van der Waals surface area contributed by atoms with Crippen molar-refractivity contribution in [3.8, 4) is 28.4 Å². The Balaban J connectivity index is 1.97. The van der Waals surface area contributed by atoms with Crippen LogP contribution in [0.2, 0.25) is 0 Å². The van der Waals surface area contributed by atoms with Crippen molar-refractivity contribution in [3.63, 3.8) is 0 Å². The van der Waals surface area contributed by atoms with E-state index in [1.807, 2.05) is 0 Å². The number of nitrogens with zero attached hydrogens (tertiary/aromatic N) is 1. The predicted molar refractivity (Wildman–Crippen MR) is 126 cm³/mol. The fourth-order valence-corrected chi connectivity index (χ4v) is 3.97. The number of rotatable bonds is 5. The molecule has 186 valence electrons. The summed E-state index contributed by atoms with van der Waals surface area (Å²) >= 11 is 0. The summed E-state index contributed by atoms with van der Waals surface area (Å²) in [6.45, 7) is 6.69. The lowest BCUT2D eigenvalue weighted by atomic mass is 9.97. The van der Waals surface area contributed by atoms with Crippen LogP contribution in [0, 0.1) is 19.7 Å². The summed E-state index contributed by atoms with van der Waals surface area (Å²) in [5.41, 5.74) is 0.555. The molecule has 7 nitrogen and oxygen atoms in total. The first kappa shape index (κ1) is 24.8. The Bertz CT molecular complexity index is 1470. The van der Waals surface area contributed by atoms with E-state index in [0.29, 0.717) is 16.9 Å². The highest BCUT2D eigenvalue weighted by Crippen LogP contribution is 2.45. The number of benzene rings is 2. The van der Waals surface area contributed by atoms with Gasteiger partial charge in [-0.25, -0.2) is 4.39 Å². The van der Waals surface area contributed by atoms with Gasteiger partial charge in [-0.2, -0.15) is 8.78 Å². The van der Waals surface area contributed by atoms with E-state index in [2.05, 4.69) is 11.9 Å². The maximum absolute atomic E-state index is 14.3. The molecule has 4 rings (SSSR count). The molecule has 2 aromatic carbocycles. The predicted octanol–water partition coefficient (Wildman–Crippen LogP) is 4.82. The van der Waals surface area contributed by atoms with Crippen molar-refractivity contribution in [1.82, 2.24) is 4.57 Å². The number of carbonyl (C=O) groups excluding carboxylic acids is 2. The largest absolute Gasteiger partial charge is 0.461 e. The van der Waals surface area contributed by atoms with Crippen LogP contribution in [-0.2, 0) is 23.1 Å². The quantitative estimate of drug-likeness (QED) is 0.510. The minimum atomic E-state index is -4.13. The molecule has 0 radical (unpaired) electrons. The maximum atomic E-state index is 14.3. The van der Waals surface area contributed by atoms with Crippen LogP contribution in [0.1, 0.15) is 16.7 Å². The molecule has 0 atom stereocenters. The smallest absolute Gasteiger partial charge is 0.456 e. The third-order valence-corrected chi connectivity index (χ3v) is 5.67. The fraction of sp³-hybridized carbons (Fsp3) is 0.192. The number of Topliss-reactive ketones (excluding diaryl/α,β-unsaturated/α-hetero) is 1. The zero-order valence-corrected chi connectivity index (χ0v) is 19.6. The van der Waals surface area contributed by atoms with Gasteiger partial charge in [-0.1, -0.05) is 6.58 Å². The SMILES string of the molecule is C=CC(=O)Nc1ccc(Oc2c(C)cc(F)cc2C)c(-c2cn(C)c(=O)c3c2OC(F)(F)C(=O)C3)c1. The lowest BCUT2D eigenvalue weighted by Gasteiger charge is -2.27. The van der Waals surface area contributed by atoms with E-state index < -0.39 is 41.3 Å². The normalized spacial score (nSPS) is 14.0. The van der Waals surface area contributed by atoms with Crippen LogP contribution >= 0.6 is 0 Å². The highest BCUT2D eigenvalue weighted by atomic mass is 19.3. The number of hydrogen-bond acceptors (Lipinski definition) is 5. The van der Waals surface area contributed by atoms with Crippen LogP contribution < -0.4 is 20.3 Å². The fourth-order valence-electron chi connectivity index (χ4n) is 3.97. The third-order valence-electron chi connectivity index (χ3n) is 5.67. The number of aryl methyl sites for hydroxylation is 3. The minimum Gasteiger partial charge on any atom is -0.456 e. The number of fused-ring (bicyclic) bond motifs is 1. The number of aromatic nitrogens is 1. The summed E-state index contributed by atoms with van der Waals surface area (Å²) in [4.78, 5) is 36.4. The van der Waals surface area contributed by atoms with E-state index in [1.165, 1.54) is 43.6 Å². The van der Waals surface area contributed by atoms with Gasteiger partial charge in [0.2, 0.25) is 11.7 Å². The molecule has 10 heteroatoms. The summed E-state index contributed by atoms with van der Waals surface area (Å²) in [7, 11) is 1.40. The molecule has 0 fully saturated rings. The van der Waals surface area contributed by atoms with Crippen molar-refractivity contribution >= 4 is 17.4 Å². The first-order valence-electron chi connectivity index (χ1n) is 10.8. The Hall–Kier alpha value is -4.34. The second-order valence-electron chi connectivity index (χ2n) is 8.36. The molecule has 0 spiro atoms. The monoisotopic (exact) mass is 498 g/mol. The van der Waals surface area contributed by atoms with E-state index in [1.54, 1.807) is 13.8 Å². The lowest BCUT2D eigenvalue weighted by Crippen LogP contribution is -2.43. The third kappa shape index (κ3) is 4.49. The number of nitrogens with one attached hydrogen (secondary N) is 1. The van der Waals surface area contributed by atoms with Crippen molar-refractivity contribution in [2.24, 2.45) is 7.05 Å². The number of pyridine rings is 1. The van der Waals surface area contributed by atoms with E-state index in [-0.39, 0.29) is 28.1 Å². The topological polar surface area (TPSA) is 86.6 Å². The molecule has 0 bridgehead atoms. The summed E-state index contributed by atoms with van der Waals surface area (Å²) in [6.07, 6.45) is -2.62. The molecular weight excluding hydrogens is 477 g/mol. The average molecular weight is 498 g/mol. The number of amides is 1. The summed E-state index contributed by atoms with van der Waals surface area (Å²) in [5, 5.41) is 2.58. The second-order valence-corrected chi connectivity index (χ2v) is 8.36. The maximum Gasteiger partial charge on any atom is 0.461 e. The van der Waals surface area contributed by atoms with Gasteiger partial charge >= 0.3 is 6.11 Å². The first-order chi connectivity index (χ1) is 16.9. The van der Waals surface area contributed by atoms with Gasteiger partial charge in [0.05, 0.1) is 12.0 Å². The Morgan fingerprint density at radius 1 is 1.17 bits per heavy atom. The number of alkyl halides is 2. The van der Waals surface area contributed by atoms with Gasteiger partial charge in [0.25, 0.3) is 5.56 Å². The summed E-state index contributed by atoms with van der Waals surface area (Å²) in [6, 6.07) is 7.01. The van der Waals surface area contributed by atoms with Gasteiger partial charge in [0.1, 0.15) is 23.1 Å². The number of carbonyl (C=O) groups is 2. The minimum absolute atomic E-state index is 0.0291. The summed E-state index contributed by atoms with van der Waals surface area (Å²) in [5.74, 6) is -2.49. The van der Waals surface area contributed by atoms with Crippen molar-refractivity contribution in [2.75, 3.05) is 5.32 Å². The highest BCUT2D eigenvalue weighted by Gasteiger charge is 2.47. The molecule has 1 aliphatic rings. The Morgan fingerprint density at radius 2 is 1.83 bits per heavy atom. The number of hydrogen-bond donors (Lipinski definition) is 1. The molecular formula is C26H21F3N2O5. The van der Waals surface area contributed by atoms with Gasteiger partial charge in [-0.05, 0) is 61.4 Å². The van der Waals surface area contributed by atoms with Crippen LogP contribution in [0.3, 0.4) is 0 Å². The van der Waals surface area contributed by atoms with Crippen molar-refractivity contribution in [3.05, 3.63) is 82.0 Å². The van der Waals surface area contributed by atoms with Crippen LogP contribution in [-0.4, -0.2) is 22.4 Å². The van der Waals surface area contributed by atoms with Gasteiger partial charge in [0.15, 0.2) is 0 Å². The molecule has 1 N–H and O–H groups in total. The van der Waals surface area contributed by atoms with Gasteiger partial charge in [-0.15, -0.1) is 0 Å². The van der Waals surface area contributed by atoms with Crippen LogP contribution in [0.15, 0.2) is 54.0 Å². The standard InChI is InChI=1S/C26H21F3N2O5/c1-5-22(33)30-16-6-7-20(35-23-13(2)8-15(27)9-14(23)3)17(10-16)19-12-31(4)25(34)18-11-21(32)26(28,29)36-24(18)19/h5-10,12H,1,11H2,2-4H3,(H,30,33). The molecule has 0 aliphatic carbocycles. The van der Waals surface area contributed by atoms with E-state index in [4.69, 9.17) is 9.47 Å². The molecule has 0 saturated carbocycles. The summed E-state index contributed by atoms with van der Waals surface area (Å²) < 4.78 is 54.4.